The molecule has 1 unspecified atom stereocenters. The Bertz CT molecular complexity index is 764. The van der Waals surface area contributed by atoms with E-state index in [-0.39, 0.29) is 18.4 Å². The van der Waals surface area contributed by atoms with Gasteiger partial charge in [-0.2, -0.15) is 5.10 Å². The molecule has 0 aliphatic carbocycles. The van der Waals surface area contributed by atoms with Gasteiger partial charge in [0.1, 0.15) is 11.5 Å². The molecule has 0 aliphatic heterocycles. The van der Waals surface area contributed by atoms with Crippen LogP contribution >= 0.6 is 12.4 Å². The van der Waals surface area contributed by atoms with Crippen LogP contribution < -0.4 is 5.32 Å². The number of nitrogens with zero attached hydrogens (tertiary/aromatic N) is 2. The first-order chi connectivity index (χ1) is 11.1. The summed E-state index contributed by atoms with van der Waals surface area (Å²) in [6.07, 6.45) is 4.02. The standard InChI is InChI=1S/C19H23N3O.ClH/c1-14-9-19(16(3)23-14)15(2)20-10-18-11-21-22(13-18)12-17-7-5-4-6-8-17;/h4-9,11,13,15,20H,10,12H2,1-3H3;1H. The lowest BCUT2D eigenvalue weighted by atomic mass is 10.1. The maximum Gasteiger partial charge on any atom is 0.105 e. The number of aryl methyl sites for hydroxylation is 2. The van der Waals surface area contributed by atoms with E-state index in [9.17, 15) is 0 Å². The quantitative estimate of drug-likeness (QED) is 0.719. The van der Waals surface area contributed by atoms with Gasteiger partial charge in [-0.15, -0.1) is 12.4 Å². The molecule has 128 valence electrons. The molecule has 24 heavy (non-hydrogen) atoms. The van der Waals surface area contributed by atoms with Gasteiger partial charge in [0.2, 0.25) is 0 Å². The van der Waals surface area contributed by atoms with Gasteiger partial charge < -0.3 is 9.73 Å². The molecule has 0 fully saturated rings. The third-order valence-corrected chi connectivity index (χ3v) is 4.03. The molecular formula is C19H24ClN3O. The molecule has 0 amide bonds. The third-order valence-electron chi connectivity index (χ3n) is 4.03. The van der Waals surface area contributed by atoms with Crippen molar-refractivity contribution in [3.63, 3.8) is 0 Å². The topological polar surface area (TPSA) is 43.0 Å². The maximum atomic E-state index is 5.60. The fourth-order valence-corrected chi connectivity index (χ4v) is 2.82. The maximum absolute atomic E-state index is 5.60. The van der Waals surface area contributed by atoms with Crippen LogP contribution in [0, 0.1) is 13.8 Å². The Morgan fingerprint density at radius 2 is 1.92 bits per heavy atom. The molecule has 0 bridgehead atoms. The SMILES string of the molecule is Cc1cc(C(C)NCc2cnn(Cc3ccccc3)c2)c(C)o1.Cl. The van der Waals surface area contributed by atoms with Crippen molar-refractivity contribution in [1.29, 1.82) is 0 Å². The predicted octanol–water partition coefficient (Wildman–Crippen LogP) is 4.41. The molecule has 1 N–H and O–H groups in total. The highest BCUT2D eigenvalue weighted by atomic mass is 35.5. The van der Waals surface area contributed by atoms with Crippen molar-refractivity contribution in [3.8, 4) is 0 Å². The molecule has 0 aliphatic rings. The van der Waals surface area contributed by atoms with Crippen LogP contribution in [0.5, 0.6) is 0 Å². The molecule has 2 aromatic heterocycles. The Balaban J connectivity index is 0.00000208. The number of hydrogen-bond acceptors (Lipinski definition) is 3. The van der Waals surface area contributed by atoms with Gasteiger partial charge in [0.25, 0.3) is 0 Å². The second-order valence-electron chi connectivity index (χ2n) is 6.00. The number of aromatic nitrogens is 2. The van der Waals surface area contributed by atoms with E-state index in [0.717, 1.165) is 24.6 Å². The fraction of sp³-hybridized carbons (Fsp3) is 0.316. The van der Waals surface area contributed by atoms with Crippen molar-refractivity contribution >= 4 is 12.4 Å². The zero-order valence-corrected chi connectivity index (χ0v) is 15.1. The van der Waals surface area contributed by atoms with Gasteiger partial charge >= 0.3 is 0 Å². The van der Waals surface area contributed by atoms with Gasteiger partial charge in [0, 0.05) is 29.9 Å². The van der Waals surface area contributed by atoms with Crippen molar-refractivity contribution in [3.05, 3.63) is 77.0 Å². The van der Waals surface area contributed by atoms with Gasteiger partial charge in [0.15, 0.2) is 0 Å². The van der Waals surface area contributed by atoms with E-state index in [1.165, 1.54) is 16.7 Å². The van der Waals surface area contributed by atoms with Gasteiger partial charge in [-0.05, 0) is 32.4 Å². The van der Waals surface area contributed by atoms with Gasteiger partial charge in [-0.3, -0.25) is 4.68 Å². The fourth-order valence-electron chi connectivity index (χ4n) is 2.82. The second kappa shape index (κ2) is 8.18. The highest BCUT2D eigenvalue weighted by molar-refractivity contribution is 5.85. The van der Waals surface area contributed by atoms with Crippen LogP contribution in [0.25, 0.3) is 0 Å². The van der Waals surface area contributed by atoms with E-state index in [2.05, 4.69) is 53.9 Å². The molecule has 3 rings (SSSR count). The van der Waals surface area contributed by atoms with E-state index in [1.54, 1.807) is 0 Å². The van der Waals surface area contributed by atoms with Crippen molar-refractivity contribution in [2.24, 2.45) is 0 Å². The lowest BCUT2D eigenvalue weighted by molar-refractivity contribution is 0.489. The summed E-state index contributed by atoms with van der Waals surface area (Å²) < 4.78 is 7.58. The van der Waals surface area contributed by atoms with E-state index < -0.39 is 0 Å². The number of furan rings is 1. The van der Waals surface area contributed by atoms with Crippen LogP contribution in [-0.2, 0) is 13.1 Å². The van der Waals surface area contributed by atoms with Gasteiger partial charge in [-0.25, -0.2) is 0 Å². The average Bonchev–Trinajstić information content (AvgIpc) is 3.12. The smallest absolute Gasteiger partial charge is 0.105 e. The van der Waals surface area contributed by atoms with Crippen LogP contribution in [0.15, 0.2) is 53.2 Å². The highest BCUT2D eigenvalue weighted by Gasteiger charge is 2.12. The molecular weight excluding hydrogens is 322 g/mol. The minimum atomic E-state index is 0. The minimum absolute atomic E-state index is 0. The Kier molecular flexibility index (Phi) is 6.23. The number of halogens is 1. The van der Waals surface area contributed by atoms with E-state index >= 15 is 0 Å². The Labute approximate surface area is 149 Å². The highest BCUT2D eigenvalue weighted by Crippen LogP contribution is 2.21. The Morgan fingerprint density at radius 1 is 1.17 bits per heavy atom. The zero-order chi connectivity index (χ0) is 16.2. The molecule has 0 saturated carbocycles. The molecule has 0 saturated heterocycles. The second-order valence-corrected chi connectivity index (χ2v) is 6.00. The summed E-state index contributed by atoms with van der Waals surface area (Å²) in [5, 5.41) is 7.98. The predicted molar refractivity (Wildman–Crippen MR) is 98.5 cm³/mol. The van der Waals surface area contributed by atoms with Gasteiger partial charge in [0.05, 0.1) is 12.7 Å². The summed E-state index contributed by atoms with van der Waals surface area (Å²) in [6.45, 7) is 7.75. The van der Waals surface area contributed by atoms with Crippen LogP contribution in [-0.4, -0.2) is 9.78 Å². The van der Waals surface area contributed by atoms with Crippen LogP contribution in [0.3, 0.4) is 0 Å². The summed E-state index contributed by atoms with van der Waals surface area (Å²) >= 11 is 0. The number of benzene rings is 1. The lowest BCUT2D eigenvalue weighted by Crippen LogP contribution is -2.18. The summed E-state index contributed by atoms with van der Waals surface area (Å²) in [4.78, 5) is 0. The molecule has 2 heterocycles. The summed E-state index contributed by atoms with van der Waals surface area (Å²) in [5.41, 5.74) is 3.66. The Hall–Kier alpha value is -2.04. The normalized spacial score (nSPS) is 12.0. The monoisotopic (exact) mass is 345 g/mol. The van der Waals surface area contributed by atoms with Crippen molar-refractivity contribution < 1.29 is 4.42 Å². The summed E-state index contributed by atoms with van der Waals surface area (Å²) in [7, 11) is 0. The number of rotatable bonds is 6. The summed E-state index contributed by atoms with van der Waals surface area (Å²) in [6, 6.07) is 12.7. The first-order valence-electron chi connectivity index (χ1n) is 7.97. The molecule has 0 spiro atoms. The molecule has 4 nitrogen and oxygen atoms in total. The lowest BCUT2D eigenvalue weighted by Gasteiger charge is -2.12. The van der Waals surface area contributed by atoms with Crippen LogP contribution in [0.4, 0.5) is 0 Å². The molecule has 1 aromatic carbocycles. The molecule has 5 heteroatoms. The van der Waals surface area contributed by atoms with E-state index in [4.69, 9.17) is 4.42 Å². The van der Waals surface area contributed by atoms with Crippen molar-refractivity contribution in [2.75, 3.05) is 0 Å². The average molecular weight is 346 g/mol. The molecule has 3 aromatic rings. The number of nitrogens with one attached hydrogen (secondary N) is 1. The third kappa shape index (κ3) is 4.49. The van der Waals surface area contributed by atoms with Crippen LogP contribution in [0.2, 0.25) is 0 Å². The van der Waals surface area contributed by atoms with Crippen molar-refractivity contribution in [2.45, 2.75) is 39.9 Å². The molecule has 0 radical (unpaired) electrons. The first kappa shape index (κ1) is 18.3. The van der Waals surface area contributed by atoms with Crippen LogP contribution in [0.1, 0.15) is 41.2 Å². The minimum Gasteiger partial charge on any atom is -0.466 e. The molecule has 1 atom stereocenters. The number of hydrogen-bond donors (Lipinski definition) is 1. The van der Waals surface area contributed by atoms with E-state index in [1.807, 2.05) is 30.8 Å². The van der Waals surface area contributed by atoms with E-state index in [0.29, 0.717) is 0 Å². The first-order valence-corrected chi connectivity index (χ1v) is 7.97. The zero-order valence-electron chi connectivity index (χ0n) is 14.3. The Morgan fingerprint density at radius 3 is 2.58 bits per heavy atom. The largest absolute Gasteiger partial charge is 0.466 e. The summed E-state index contributed by atoms with van der Waals surface area (Å²) in [5.74, 6) is 1.95. The van der Waals surface area contributed by atoms with Crippen molar-refractivity contribution in [1.82, 2.24) is 15.1 Å². The van der Waals surface area contributed by atoms with Gasteiger partial charge in [-0.1, -0.05) is 30.3 Å².